The second-order valence-corrected chi connectivity index (χ2v) is 7.47. The van der Waals surface area contributed by atoms with Gasteiger partial charge in [0.15, 0.2) is 0 Å². The lowest BCUT2D eigenvalue weighted by atomic mass is 10.1. The average molecular weight is 415 g/mol. The Kier molecular flexibility index (Phi) is 6.08. The van der Waals surface area contributed by atoms with Crippen molar-refractivity contribution >= 4 is 16.6 Å². The summed E-state index contributed by atoms with van der Waals surface area (Å²) in [6, 6.07) is 16.5. The van der Waals surface area contributed by atoms with Crippen molar-refractivity contribution in [2.24, 2.45) is 0 Å². The number of pyridine rings is 1. The van der Waals surface area contributed by atoms with Crippen LogP contribution in [0.3, 0.4) is 0 Å². The molecule has 1 saturated heterocycles. The lowest BCUT2D eigenvalue weighted by Crippen LogP contribution is -2.46. The van der Waals surface area contributed by atoms with Crippen molar-refractivity contribution in [3.63, 3.8) is 0 Å². The topological polar surface area (TPSA) is 28.6 Å². The van der Waals surface area contributed by atoms with Crippen LogP contribution in [0.1, 0.15) is 12.0 Å². The van der Waals surface area contributed by atoms with Crippen LogP contribution >= 0.6 is 0 Å². The first kappa shape index (κ1) is 20.5. The number of nitrogens with zero attached hydrogens (tertiary/aromatic N) is 3. The predicted molar refractivity (Wildman–Crippen MR) is 112 cm³/mol. The van der Waals surface area contributed by atoms with Gasteiger partial charge < -0.3 is 9.64 Å². The quantitative estimate of drug-likeness (QED) is 0.573. The maximum atomic E-state index is 12.2. The Balaban J connectivity index is 1.24. The fourth-order valence-electron chi connectivity index (χ4n) is 3.94. The molecule has 4 rings (SSSR count). The van der Waals surface area contributed by atoms with Crippen LogP contribution in [0.15, 0.2) is 60.8 Å². The van der Waals surface area contributed by atoms with Crippen LogP contribution in [0.4, 0.5) is 18.9 Å². The van der Waals surface area contributed by atoms with Gasteiger partial charge in [-0.3, -0.25) is 9.88 Å². The van der Waals surface area contributed by atoms with Crippen molar-refractivity contribution in [2.45, 2.75) is 19.2 Å². The first-order valence-corrected chi connectivity index (χ1v) is 10.1. The SMILES string of the molecule is FC(F)(F)Oc1ccc(CCCN2CCN(c3cccc4ncccc34)CC2)cc1. The number of anilines is 1. The molecule has 0 amide bonds. The Morgan fingerprint density at radius 1 is 0.900 bits per heavy atom. The molecule has 0 aliphatic carbocycles. The van der Waals surface area contributed by atoms with Crippen LogP contribution in [0.2, 0.25) is 0 Å². The molecule has 2 heterocycles. The molecule has 7 heteroatoms. The van der Waals surface area contributed by atoms with Crippen LogP contribution in [-0.2, 0) is 6.42 Å². The van der Waals surface area contributed by atoms with E-state index in [0.29, 0.717) is 0 Å². The van der Waals surface area contributed by atoms with Crippen LogP contribution in [-0.4, -0.2) is 49.0 Å². The van der Waals surface area contributed by atoms with E-state index >= 15 is 0 Å². The first-order valence-electron chi connectivity index (χ1n) is 10.1. The van der Waals surface area contributed by atoms with Gasteiger partial charge in [-0.1, -0.05) is 18.2 Å². The summed E-state index contributed by atoms with van der Waals surface area (Å²) in [7, 11) is 0. The second kappa shape index (κ2) is 8.92. The molecule has 0 N–H and O–H groups in total. The normalized spacial score (nSPS) is 15.5. The number of benzene rings is 2. The lowest BCUT2D eigenvalue weighted by molar-refractivity contribution is -0.274. The molecule has 1 aliphatic heterocycles. The minimum absolute atomic E-state index is 0.175. The van der Waals surface area contributed by atoms with Gasteiger partial charge in [-0.05, 0) is 61.3 Å². The van der Waals surface area contributed by atoms with Crippen molar-refractivity contribution in [2.75, 3.05) is 37.6 Å². The van der Waals surface area contributed by atoms with Gasteiger partial charge in [0, 0.05) is 43.4 Å². The maximum Gasteiger partial charge on any atom is 0.573 e. The summed E-state index contributed by atoms with van der Waals surface area (Å²) in [5.41, 5.74) is 3.27. The Labute approximate surface area is 173 Å². The van der Waals surface area contributed by atoms with Gasteiger partial charge in [-0.15, -0.1) is 13.2 Å². The van der Waals surface area contributed by atoms with Crippen LogP contribution in [0, 0.1) is 0 Å². The Morgan fingerprint density at radius 3 is 2.40 bits per heavy atom. The number of aryl methyl sites for hydroxylation is 1. The molecule has 2 aromatic carbocycles. The molecule has 0 radical (unpaired) electrons. The fraction of sp³-hybridized carbons (Fsp3) is 0.348. The number of halogens is 3. The molecule has 0 atom stereocenters. The summed E-state index contributed by atoms with van der Waals surface area (Å²) >= 11 is 0. The Bertz CT molecular complexity index is 962. The van der Waals surface area contributed by atoms with Crippen LogP contribution in [0.5, 0.6) is 5.75 Å². The monoisotopic (exact) mass is 415 g/mol. The molecular weight excluding hydrogens is 391 g/mol. The third-order valence-electron chi connectivity index (χ3n) is 5.43. The maximum absolute atomic E-state index is 12.2. The molecule has 0 unspecified atom stereocenters. The highest BCUT2D eigenvalue weighted by Crippen LogP contribution is 2.26. The summed E-state index contributed by atoms with van der Waals surface area (Å²) in [4.78, 5) is 9.31. The van der Waals surface area contributed by atoms with E-state index in [1.165, 1.54) is 23.2 Å². The molecule has 0 bridgehead atoms. The van der Waals surface area contributed by atoms with Crippen LogP contribution < -0.4 is 9.64 Å². The van der Waals surface area contributed by atoms with Gasteiger partial charge >= 0.3 is 6.36 Å². The van der Waals surface area contributed by atoms with Crippen molar-refractivity contribution in [1.29, 1.82) is 0 Å². The molecule has 0 saturated carbocycles. The zero-order valence-corrected chi connectivity index (χ0v) is 16.6. The summed E-state index contributed by atoms with van der Waals surface area (Å²) in [5, 5.41) is 1.19. The summed E-state index contributed by atoms with van der Waals surface area (Å²) in [6.07, 6.45) is -1.02. The lowest BCUT2D eigenvalue weighted by Gasteiger charge is -2.36. The van der Waals surface area contributed by atoms with Gasteiger partial charge in [0.25, 0.3) is 0 Å². The Hall–Kier alpha value is -2.80. The molecule has 3 aromatic rings. The highest BCUT2D eigenvalue weighted by molar-refractivity contribution is 5.91. The first-order chi connectivity index (χ1) is 14.5. The highest BCUT2D eigenvalue weighted by Gasteiger charge is 2.30. The van der Waals surface area contributed by atoms with Gasteiger partial charge in [-0.2, -0.15) is 0 Å². The number of fused-ring (bicyclic) bond motifs is 1. The van der Waals surface area contributed by atoms with Crippen molar-refractivity contribution in [1.82, 2.24) is 9.88 Å². The molecule has 0 spiro atoms. The predicted octanol–water partition coefficient (Wildman–Crippen LogP) is 4.89. The van der Waals surface area contributed by atoms with E-state index in [1.54, 1.807) is 12.1 Å². The summed E-state index contributed by atoms with van der Waals surface area (Å²) < 4.78 is 40.6. The molecule has 1 aromatic heterocycles. The number of piperazine rings is 1. The molecule has 1 fully saturated rings. The van der Waals surface area contributed by atoms with Gasteiger partial charge in [-0.25, -0.2) is 0 Å². The molecule has 30 heavy (non-hydrogen) atoms. The number of hydrogen-bond acceptors (Lipinski definition) is 4. The number of alkyl halides is 3. The average Bonchev–Trinajstić information content (AvgIpc) is 2.74. The van der Waals surface area contributed by atoms with Crippen LogP contribution in [0.25, 0.3) is 10.9 Å². The smallest absolute Gasteiger partial charge is 0.406 e. The van der Waals surface area contributed by atoms with E-state index in [0.717, 1.165) is 56.6 Å². The molecule has 158 valence electrons. The van der Waals surface area contributed by atoms with E-state index in [1.807, 2.05) is 18.3 Å². The van der Waals surface area contributed by atoms with Crippen molar-refractivity contribution in [3.05, 3.63) is 66.4 Å². The standard InChI is InChI=1S/C23H24F3N3O/c24-23(25,26)30-19-10-8-18(9-11-19)4-3-13-28-14-16-29(17-15-28)22-7-1-6-21-20(22)5-2-12-27-21/h1-2,5-12H,3-4,13-17H2. The third kappa shape index (κ3) is 5.21. The van der Waals surface area contributed by atoms with E-state index in [-0.39, 0.29) is 5.75 Å². The molecule has 4 nitrogen and oxygen atoms in total. The third-order valence-corrected chi connectivity index (χ3v) is 5.43. The van der Waals surface area contributed by atoms with E-state index < -0.39 is 6.36 Å². The molecule has 1 aliphatic rings. The van der Waals surface area contributed by atoms with Crippen molar-refractivity contribution < 1.29 is 17.9 Å². The number of ether oxygens (including phenoxy) is 1. The second-order valence-electron chi connectivity index (χ2n) is 7.47. The molecular formula is C23H24F3N3O. The van der Waals surface area contributed by atoms with E-state index in [4.69, 9.17) is 0 Å². The number of hydrogen-bond donors (Lipinski definition) is 0. The minimum Gasteiger partial charge on any atom is -0.406 e. The van der Waals surface area contributed by atoms with E-state index in [9.17, 15) is 13.2 Å². The highest BCUT2D eigenvalue weighted by atomic mass is 19.4. The summed E-state index contributed by atoms with van der Waals surface area (Å²) in [5.74, 6) is -0.175. The Morgan fingerprint density at radius 2 is 1.67 bits per heavy atom. The van der Waals surface area contributed by atoms with E-state index in [2.05, 4.69) is 37.7 Å². The minimum atomic E-state index is -4.65. The van der Waals surface area contributed by atoms with Crippen molar-refractivity contribution in [3.8, 4) is 5.75 Å². The van der Waals surface area contributed by atoms with Gasteiger partial charge in [0.1, 0.15) is 5.75 Å². The number of rotatable bonds is 6. The zero-order chi connectivity index (χ0) is 21.0. The fourth-order valence-corrected chi connectivity index (χ4v) is 3.94. The zero-order valence-electron chi connectivity index (χ0n) is 16.6. The largest absolute Gasteiger partial charge is 0.573 e. The summed E-state index contributed by atoms with van der Waals surface area (Å²) in [6.45, 7) is 4.91. The van der Waals surface area contributed by atoms with Gasteiger partial charge in [0.2, 0.25) is 0 Å². The van der Waals surface area contributed by atoms with Gasteiger partial charge in [0.05, 0.1) is 5.52 Å². The number of aromatic nitrogens is 1.